The number of hydrogen-bond donors (Lipinski definition) is 2. The van der Waals surface area contributed by atoms with E-state index in [4.69, 9.17) is 9.79 Å². The second-order valence-electron chi connectivity index (χ2n) is 3.12. The van der Waals surface area contributed by atoms with Gasteiger partial charge in [-0.15, -0.1) is 0 Å². The number of carbonyl (C=O) groups is 1. The van der Waals surface area contributed by atoms with E-state index in [0.29, 0.717) is 6.42 Å². The van der Waals surface area contributed by atoms with Gasteiger partial charge in [0, 0.05) is 6.42 Å². The summed E-state index contributed by atoms with van der Waals surface area (Å²) in [4.78, 5) is 27.4. The summed E-state index contributed by atoms with van der Waals surface area (Å²) >= 11 is 0. The number of phosphoric acid groups is 1. The van der Waals surface area contributed by atoms with Gasteiger partial charge in [-0.25, -0.2) is 4.57 Å². The third-order valence-electron chi connectivity index (χ3n) is 1.71. The fourth-order valence-corrected chi connectivity index (χ4v) is 1.41. The molecule has 0 aliphatic heterocycles. The van der Waals surface area contributed by atoms with Crippen LogP contribution in [0.2, 0.25) is 0 Å². The molecule has 0 aromatic rings. The van der Waals surface area contributed by atoms with Crippen molar-refractivity contribution in [3.8, 4) is 0 Å². The molecule has 0 saturated heterocycles. The van der Waals surface area contributed by atoms with Crippen LogP contribution in [0.25, 0.3) is 0 Å². The maximum absolute atomic E-state index is 10.8. The van der Waals surface area contributed by atoms with E-state index in [-0.39, 0.29) is 37.4 Å². The van der Waals surface area contributed by atoms with Gasteiger partial charge < -0.3 is 5.95 Å². The van der Waals surface area contributed by atoms with Crippen molar-refractivity contribution in [2.45, 2.75) is 45.4 Å². The van der Waals surface area contributed by atoms with Gasteiger partial charge in [0.15, 0.2) is 0 Å². The Morgan fingerprint density at radius 3 is 2.27 bits per heavy atom. The quantitative estimate of drug-likeness (QED) is 0.346. The first-order chi connectivity index (χ1) is 6.45. The molecule has 0 aromatic heterocycles. The predicted octanol–water partition coefficient (Wildman–Crippen LogP) is -0.901. The van der Waals surface area contributed by atoms with E-state index in [2.05, 4.69) is 11.4 Å². The molecule has 0 aromatic carbocycles. The van der Waals surface area contributed by atoms with Crippen LogP contribution in [0.4, 0.5) is 0 Å². The number of phosphoric ester groups is 1. The minimum atomic E-state index is -4.63. The van der Waals surface area contributed by atoms with Crippen LogP contribution in [0.15, 0.2) is 0 Å². The van der Waals surface area contributed by atoms with Gasteiger partial charge in [0.1, 0.15) is 0 Å². The Balaban J connectivity index is -0.000000845. The minimum Gasteiger partial charge on any atom is -1.00 e. The molecule has 0 rings (SSSR count). The molecule has 15 heavy (non-hydrogen) atoms. The van der Waals surface area contributed by atoms with E-state index in [0.717, 1.165) is 25.7 Å². The Labute approximate surface area is 114 Å². The van der Waals surface area contributed by atoms with Crippen molar-refractivity contribution in [1.82, 2.24) is 0 Å². The van der Waals surface area contributed by atoms with Crippen LogP contribution < -0.4 is 29.6 Å². The molecule has 0 bridgehead atoms. The molecule has 0 unspecified atom stereocenters. The molecule has 0 amide bonds. The molecule has 2 N–H and O–H groups in total. The van der Waals surface area contributed by atoms with Gasteiger partial charge in [-0.05, 0) is 6.42 Å². The summed E-state index contributed by atoms with van der Waals surface area (Å²) in [6.07, 6.45) is 4.87. The van der Waals surface area contributed by atoms with E-state index in [1.54, 1.807) is 0 Å². The number of rotatable bonds is 7. The first-order valence-corrected chi connectivity index (χ1v) is 6.26. The molecule has 0 aliphatic carbocycles. The molecule has 0 saturated carbocycles. The molecule has 0 fully saturated rings. The van der Waals surface area contributed by atoms with Gasteiger partial charge in [0.2, 0.25) is 0 Å². The van der Waals surface area contributed by atoms with Crippen molar-refractivity contribution in [3.05, 3.63) is 0 Å². The molecule has 7 heteroatoms. The summed E-state index contributed by atoms with van der Waals surface area (Å²) in [7, 11) is -4.63. The van der Waals surface area contributed by atoms with E-state index in [9.17, 15) is 9.36 Å². The van der Waals surface area contributed by atoms with Crippen molar-refractivity contribution in [2.24, 2.45) is 0 Å². The minimum absolute atomic E-state index is 0. The predicted molar refractivity (Wildman–Crippen MR) is 52.6 cm³/mol. The average Bonchev–Trinajstić information content (AvgIpc) is 2.00. The molecule has 0 atom stereocenters. The summed E-state index contributed by atoms with van der Waals surface area (Å²) in [5.74, 6) is -0.824. The Morgan fingerprint density at radius 2 is 1.80 bits per heavy atom. The Morgan fingerprint density at radius 1 is 1.27 bits per heavy atom. The normalized spacial score (nSPS) is 10.6. The summed E-state index contributed by atoms with van der Waals surface area (Å²) in [6, 6.07) is 0. The Kier molecular flexibility index (Phi) is 11.8. The van der Waals surface area contributed by atoms with Crippen molar-refractivity contribution in [2.75, 3.05) is 0 Å². The molecule has 5 nitrogen and oxygen atoms in total. The fraction of sp³-hybridized carbons (Fsp3) is 0.875. The Bertz CT molecular complexity index is 220. The summed E-state index contributed by atoms with van der Waals surface area (Å²) in [5.41, 5.74) is 0. The van der Waals surface area contributed by atoms with Gasteiger partial charge in [0.25, 0.3) is 0 Å². The zero-order chi connectivity index (χ0) is 11.0. The van der Waals surface area contributed by atoms with Crippen molar-refractivity contribution < 1.29 is 54.7 Å². The van der Waals surface area contributed by atoms with Gasteiger partial charge in [-0.2, -0.15) is 0 Å². The Hall–Kier alpha value is 0.620. The summed E-state index contributed by atoms with van der Waals surface area (Å²) < 4.78 is 14.1. The molecule has 0 spiro atoms. The van der Waals surface area contributed by atoms with Crippen LogP contribution in [0.3, 0.4) is 0 Å². The van der Waals surface area contributed by atoms with Crippen LogP contribution in [-0.2, 0) is 13.9 Å². The molecule has 86 valence electrons. The van der Waals surface area contributed by atoms with Gasteiger partial charge in [0.05, 0.1) is 0 Å². The number of carbonyl (C=O) groups excluding carboxylic acids is 1. The standard InChI is InChI=1S/C8H17O5P.Na.H/c1-2-3-4-5-6-7-8(9)13-14(10,11)12;;/h2-7H2,1H3,(H2,10,11,12);;/q;+1;-1. The third-order valence-corrected chi connectivity index (χ3v) is 2.15. The van der Waals surface area contributed by atoms with Crippen LogP contribution in [0, 0.1) is 0 Å². The maximum atomic E-state index is 10.8. The van der Waals surface area contributed by atoms with Crippen molar-refractivity contribution in [3.63, 3.8) is 0 Å². The molecule has 0 radical (unpaired) electrons. The smallest absolute Gasteiger partial charge is 1.00 e. The largest absolute Gasteiger partial charge is 1.00 e. The second kappa shape index (κ2) is 9.82. The first-order valence-electron chi connectivity index (χ1n) is 4.73. The van der Waals surface area contributed by atoms with E-state index in [1.165, 1.54) is 0 Å². The van der Waals surface area contributed by atoms with Crippen LogP contribution in [-0.4, -0.2) is 15.8 Å². The maximum Gasteiger partial charge on any atom is 1.00 e. The van der Waals surface area contributed by atoms with Crippen molar-refractivity contribution >= 4 is 13.8 Å². The summed E-state index contributed by atoms with van der Waals surface area (Å²) in [5, 5.41) is 0. The van der Waals surface area contributed by atoms with Crippen LogP contribution >= 0.6 is 7.82 Å². The van der Waals surface area contributed by atoms with E-state index >= 15 is 0 Å². The first kappa shape index (κ1) is 18.0. The monoisotopic (exact) mass is 248 g/mol. The topological polar surface area (TPSA) is 83.8 Å². The van der Waals surface area contributed by atoms with E-state index < -0.39 is 13.8 Å². The second-order valence-corrected chi connectivity index (χ2v) is 4.28. The third kappa shape index (κ3) is 14.6. The van der Waals surface area contributed by atoms with Gasteiger partial charge in [-0.3, -0.25) is 14.6 Å². The SMILES string of the molecule is CCCCCCCC(=O)OP(=O)(O)O.[H-].[Na+]. The van der Waals surface area contributed by atoms with Crippen LogP contribution in [0.1, 0.15) is 46.9 Å². The van der Waals surface area contributed by atoms with Crippen LogP contribution in [0.5, 0.6) is 0 Å². The average molecular weight is 248 g/mol. The fourth-order valence-electron chi connectivity index (χ4n) is 1.05. The van der Waals surface area contributed by atoms with E-state index in [1.807, 2.05) is 0 Å². The number of unbranched alkanes of at least 4 members (excludes halogenated alkanes) is 4. The molecular weight excluding hydrogens is 230 g/mol. The number of hydrogen-bond acceptors (Lipinski definition) is 3. The molecule has 0 aliphatic rings. The molecular formula is C8H18NaO5P. The zero-order valence-corrected chi connectivity index (χ0v) is 12.2. The van der Waals surface area contributed by atoms with Gasteiger partial charge >= 0.3 is 43.3 Å². The zero-order valence-electron chi connectivity index (χ0n) is 10.3. The summed E-state index contributed by atoms with van der Waals surface area (Å²) in [6.45, 7) is 2.09. The molecule has 0 heterocycles. The van der Waals surface area contributed by atoms with Gasteiger partial charge in [-0.1, -0.05) is 32.6 Å². The van der Waals surface area contributed by atoms with Crippen molar-refractivity contribution in [1.29, 1.82) is 0 Å².